The summed E-state index contributed by atoms with van der Waals surface area (Å²) in [6, 6.07) is 17.8. The Kier molecular flexibility index (Phi) is 55.4. The summed E-state index contributed by atoms with van der Waals surface area (Å²) in [4.78, 5) is 152. The number of amides is 5. The third kappa shape index (κ3) is 50.4. The van der Waals surface area contributed by atoms with Gasteiger partial charge in [0.1, 0.15) is 38.5 Å². The Morgan fingerprint density at radius 3 is 1.33 bits per heavy atom. The van der Waals surface area contributed by atoms with E-state index in [2.05, 4.69) is 74.5 Å². The minimum atomic E-state index is -1.27. The van der Waals surface area contributed by atoms with Crippen molar-refractivity contribution in [1.82, 2.24) is 26.3 Å². The number of Topliss-reactive ketones (excluding diaryl/α,β-unsaturated/α-hetero) is 4. The van der Waals surface area contributed by atoms with Crippen molar-refractivity contribution in [2.45, 2.75) is 240 Å². The fourth-order valence-corrected chi connectivity index (χ4v) is 7.59. The summed E-state index contributed by atoms with van der Waals surface area (Å²) in [5, 5.41) is 17.0. The molecule has 1 heterocycles. The Morgan fingerprint density at radius 1 is 0.485 bits per heavy atom. The number of carbonyl (C=O) groups excluding carboxylic acids is 13. The van der Waals surface area contributed by atoms with Crippen LogP contribution in [0, 0.1) is 35.0 Å². The number of nitrogens with one attached hydrogen (secondary N) is 6. The SMILES string of the molecule is CCNCc1ccc(NC(=O)C(C)(C)CC)cc1.CC[C@H](C)C(=O)NC(CC(=O)OCC(C)=O)C(=O)OCC(C)=O.CC[C@H](C)C(=O)NC(CC(C)C)C(=O)OCC(C)=O.CC[C@H](C)C(=O)NCCCCC(=O)OCC(C)=O.CC[C@H](C)C(=O)Nc1ccc(CN)cc1.CC[C@H](C)c1ccncc1. The molecule has 2 unspecified atom stereocenters. The molecule has 2 aromatic carbocycles. The van der Waals surface area contributed by atoms with E-state index in [1.807, 2.05) is 137 Å². The molecule has 0 aliphatic rings. The molecule has 3 rings (SSSR count). The van der Waals surface area contributed by atoms with Gasteiger partial charge in [0, 0.05) is 78.9 Å². The number of unbranched alkanes of at least 4 members (excludes halogenated alkanes) is 1. The number of hydrogen-bond acceptors (Lipinski definition) is 20. The van der Waals surface area contributed by atoms with E-state index in [-0.39, 0.29) is 107 Å². The van der Waals surface area contributed by atoms with Crippen molar-refractivity contribution in [2.75, 3.05) is 50.2 Å². The minimum Gasteiger partial charge on any atom is -0.458 e. The number of hydrogen-bond donors (Lipinski definition) is 7. The van der Waals surface area contributed by atoms with Crippen LogP contribution in [0.25, 0.3) is 0 Å². The molecule has 580 valence electrons. The number of ketones is 4. The quantitative estimate of drug-likeness (QED) is 0.0158. The maximum absolute atomic E-state index is 12.0. The molecule has 3 aromatic rings. The average Bonchev–Trinajstić information content (AvgIpc) is 0.914. The second-order valence-corrected chi connectivity index (χ2v) is 26.4. The maximum Gasteiger partial charge on any atom is 0.329 e. The van der Waals surface area contributed by atoms with Crippen LogP contribution >= 0.6 is 0 Å². The Hall–Kier alpha value is -8.58. The number of anilines is 2. The van der Waals surface area contributed by atoms with E-state index < -0.39 is 55.5 Å². The predicted molar refractivity (Wildman–Crippen MR) is 402 cm³/mol. The lowest BCUT2D eigenvalue weighted by atomic mass is 9.89. The van der Waals surface area contributed by atoms with Crippen LogP contribution in [-0.4, -0.2) is 133 Å². The number of nitrogens with zero attached hydrogens (tertiary/aromatic N) is 1. The van der Waals surface area contributed by atoms with Crippen LogP contribution in [0.3, 0.4) is 0 Å². The predicted octanol–water partition coefficient (Wildman–Crippen LogP) is 11.2. The van der Waals surface area contributed by atoms with Gasteiger partial charge in [0.2, 0.25) is 29.5 Å². The Morgan fingerprint density at radius 2 is 0.903 bits per heavy atom. The number of benzene rings is 2. The second kappa shape index (κ2) is 57.9. The van der Waals surface area contributed by atoms with E-state index in [1.165, 1.54) is 45.2 Å². The number of aromatic nitrogens is 1. The number of esters is 4. The number of nitrogens with two attached hydrogens (primary N) is 1. The molecule has 7 atom stereocenters. The molecule has 8 N–H and O–H groups in total. The van der Waals surface area contributed by atoms with Gasteiger partial charge < -0.3 is 56.6 Å². The molecule has 1 aromatic heterocycles. The molecular formula is C78H126N8O17. The van der Waals surface area contributed by atoms with Gasteiger partial charge in [-0.15, -0.1) is 0 Å². The van der Waals surface area contributed by atoms with Crippen LogP contribution in [0.2, 0.25) is 0 Å². The van der Waals surface area contributed by atoms with Gasteiger partial charge in [0.15, 0.2) is 23.1 Å². The highest BCUT2D eigenvalue weighted by Gasteiger charge is 2.29. The molecule has 0 radical (unpaired) electrons. The lowest BCUT2D eigenvalue weighted by molar-refractivity contribution is -0.156. The van der Waals surface area contributed by atoms with E-state index in [0.29, 0.717) is 44.7 Å². The highest BCUT2D eigenvalue weighted by Crippen LogP contribution is 2.23. The first-order chi connectivity index (χ1) is 48.4. The van der Waals surface area contributed by atoms with Crippen LogP contribution < -0.4 is 37.6 Å². The lowest BCUT2D eigenvalue weighted by Crippen LogP contribution is -2.45. The third-order valence-electron chi connectivity index (χ3n) is 16.0. The molecule has 0 bridgehead atoms. The molecule has 0 aliphatic heterocycles. The van der Waals surface area contributed by atoms with E-state index in [0.717, 1.165) is 55.7 Å². The molecule has 25 heteroatoms. The fraction of sp³-hybridized carbons (Fsp3) is 0.615. The molecular weight excluding hydrogens is 1320 g/mol. The Labute approximate surface area is 613 Å². The first-order valence-electron chi connectivity index (χ1n) is 36.0. The van der Waals surface area contributed by atoms with Gasteiger partial charge in [-0.25, -0.2) is 9.59 Å². The van der Waals surface area contributed by atoms with E-state index in [4.69, 9.17) is 19.9 Å². The van der Waals surface area contributed by atoms with Crippen molar-refractivity contribution in [3.63, 3.8) is 0 Å². The lowest BCUT2D eigenvalue weighted by Gasteiger charge is -2.21. The van der Waals surface area contributed by atoms with Crippen molar-refractivity contribution in [2.24, 2.45) is 40.7 Å². The molecule has 5 amide bonds. The third-order valence-corrected chi connectivity index (χ3v) is 16.0. The summed E-state index contributed by atoms with van der Waals surface area (Å²) in [7, 11) is 0. The molecule has 0 saturated heterocycles. The largest absolute Gasteiger partial charge is 0.458 e. The number of ether oxygens (including phenoxy) is 4. The summed E-state index contributed by atoms with van der Waals surface area (Å²) < 4.78 is 19.0. The monoisotopic (exact) mass is 1450 g/mol. The second-order valence-electron chi connectivity index (χ2n) is 26.4. The van der Waals surface area contributed by atoms with Crippen LogP contribution in [0.4, 0.5) is 11.4 Å². The van der Waals surface area contributed by atoms with Crippen molar-refractivity contribution < 1.29 is 81.3 Å². The van der Waals surface area contributed by atoms with Gasteiger partial charge in [-0.05, 0) is 157 Å². The zero-order valence-electron chi connectivity index (χ0n) is 65.4. The zero-order chi connectivity index (χ0) is 79.2. The normalized spacial score (nSPS) is 12.4. The molecule has 0 fully saturated rings. The topological polar surface area (TPSA) is 370 Å². The molecule has 0 spiro atoms. The van der Waals surface area contributed by atoms with Gasteiger partial charge in [-0.2, -0.15) is 0 Å². The zero-order valence-corrected chi connectivity index (χ0v) is 65.4. The average molecular weight is 1450 g/mol. The first kappa shape index (κ1) is 98.6. The number of rotatable bonds is 39. The van der Waals surface area contributed by atoms with Crippen molar-refractivity contribution in [3.05, 3.63) is 89.7 Å². The Bertz CT molecular complexity index is 3000. The number of carbonyl (C=O) groups is 13. The van der Waals surface area contributed by atoms with Crippen LogP contribution in [-0.2, 0) is 94.4 Å². The molecule has 0 saturated carbocycles. The highest BCUT2D eigenvalue weighted by molar-refractivity contribution is 5.95. The molecule has 0 aliphatic carbocycles. The van der Waals surface area contributed by atoms with Crippen molar-refractivity contribution in [1.29, 1.82) is 0 Å². The van der Waals surface area contributed by atoms with Crippen molar-refractivity contribution >= 4 is 87.9 Å². The van der Waals surface area contributed by atoms with E-state index in [1.54, 1.807) is 13.8 Å². The first-order valence-corrected chi connectivity index (χ1v) is 36.0. The highest BCUT2D eigenvalue weighted by atomic mass is 16.6. The van der Waals surface area contributed by atoms with Gasteiger partial charge in [-0.1, -0.05) is 135 Å². The standard InChI is InChI=1S/C15H24N2O.C15H23NO7.C14H25NO4.C13H23NO4.C12H18N2O.C9H13N/c1-5-15(3,4)14(18)17-13-9-7-12(8-10-13)11-16-6-2;1-5-9(2)14(20)16-12(15(21)23-8-11(4)18)6-13(19)22-7-10(3)17;1-6-10(4)13(17)15-12(7-9(2)3)14(18)19-8-11(5)16;1-4-10(2)13(17)14-8-6-5-7-12(16)18-9-11(3)15;1-3-9(2)12(15)14-11-6-4-10(8-13)5-7-11;1-3-8(2)9-4-6-10-7-5-9/h7-10,16H,5-6,11H2,1-4H3,(H,17,18);9,12H,5-8H2,1-4H3,(H,16,20);9-10,12H,6-8H2,1-5H3,(H,15,17);10H,4-9H2,1-3H3,(H,14,17);4-7,9H,3,8,13H2,1-2H3,(H,14,15);4-8H,3H2,1-2H3/t;9-,12?;10-,12?;10-;9-;8-/m.00000/s1. The van der Waals surface area contributed by atoms with Crippen LogP contribution in [0.1, 0.15) is 232 Å². The fourth-order valence-electron chi connectivity index (χ4n) is 7.59. The van der Waals surface area contributed by atoms with Crippen molar-refractivity contribution in [3.8, 4) is 0 Å². The summed E-state index contributed by atoms with van der Waals surface area (Å²) >= 11 is 0. The smallest absolute Gasteiger partial charge is 0.329 e. The summed E-state index contributed by atoms with van der Waals surface area (Å²) in [5.74, 6) is -3.62. The van der Waals surface area contributed by atoms with Crippen LogP contribution in [0.15, 0.2) is 73.1 Å². The summed E-state index contributed by atoms with van der Waals surface area (Å²) in [6.45, 7) is 38.2. The summed E-state index contributed by atoms with van der Waals surface area (Å²) in [5.41, 5.74) is 10.5. The Balaban J connectivity index is -0.00000118. The van der Waals surface area contributed by atoms with Gasteiger partial charge in [-0.3, -0.25) is 57.7 Å². The summed E-state index contributed by atoms with van der Waals surface area (Å²) in [6.07, 6.45) is 10.4. The molecule has 25 nitrogen and oxygen atoms in total. The minimum absolute atomic E-state index is 0.0329. The van der Waals surface area contributed by atoms with Crippen LogP contribution in [0.5, 0.6) is 0 Å². The van der Waals surface area contributed by atoms with Gasteiger partial charge in [0.05, 0.1) is 6.42 Å². The van der Waals surface area contributed by atoms with E-state index in [9.17, 15) is 62.3 Å². The van der Waals surface area contributed by atoms with E-state index >= 15 is 0 Å². The van der Waals surface area contributed by atoms with Gasteiger partial charge >= 0.3 is 23.9 Å². The molecule has 103 heavy (non-hydrogen) atoms. The number of pyridine rings is 1. The van der Waals surface area contributed by atoms with Gasteiger partial charge in [0.25, 0.3) is 0 Å². The maximum atomic E-state index is 12.0.